The summed E-state index contributed by atoms with van der Waals surface area (Å²) in [7, 11) is 0. The summed E-state index contributed by atoms with van der Waals surface area (Å²) in [6, 6.07) is 4.03. The van der Waals surface area contributed by atoms with Gasteiger partial charge in [0.1, 0.15) is 5.82 Å². The van der Waals surface area contributed by atoms with Gasteiger partial charge in [0.15, 0.2) is 0 Å². The monoisotopic (exact) mass is 233 g/mol. The number of nitrogen functional groups attached to an aromatic ring is 1. The number of rotatable bonds is 3. The maximum absolute atomic E-state index is 5.62. The highest BCUT2D eigenvalue weighted by Crippen LogP contribution is 2.31. The first-order chi connectivity index (χ1) is 8.20. The molecule has 3 nitrogen and oxygen atoms in total. The van der Waals surface area contributed by atoms with Gasteiger partial charge < -0.3 is 10.6 Å². The van der Waals surface area contributed by atoms with Crippen molar-refractivity contribution in [1.82, 2.24) is 9.88 Å². The Bertz CT molecular complexity index is 339. The molecular formula is C14H23N3. The number of pyridine rings is 1. The van der Waals surface area contributed by atoms with Crippen LogP contribution < -0.4 is 5.73 Å². The first kappa shape index (κ1) is 12.4. The second kappa shape index (κ2) is 5.50. The van der Waals surface area contributed by atoms with E-state index >= 15 is 0 Å². The molecule has 2 heterocycles. The first-order valence-corrected chi connectivity index (χ1v) is 6.64. The highest BCUT2D eigenvalue weighted by molar-refractivity contribution is 5.30. The Hall–Kier alpha value is -1.09. The van der Waals surface area contributed by atoms with Crippen LogP contribution in [0.1, 0.15) is 38.2 Å². The van der Waals surface area contributed by atoms with Crippen LogP contribution in [0.5, 0.6) is 0 Å². The zero-order chi connectivity index (χ0) is 12.3. The Labute approximate surface area is 104 Å². The molecule has 0 spiro atoms. The van der Waals surface area contributed by atoms with Crippen LogP contribution in [0.3, 0.4) is 0 Å². The summed E-state index contributed by atoms with van der Waals surface area (Å²) < 4.78 is 0. The molecular weight excluding hydrogens is 210 g/mol. The third-order valence-electron chi connectivity index (χ3n) is 4.12. The van der Waals surface area contributed by atoms with Gasteiger partial charge in [-0.2, -0.15) is 0 Å². The van der Waals surface area contributed by atoms with Gasteiger partial charge in [-0.3, -0.25) is 0 Å². The molecule has 1 atom stereocenters. The molecule has 17 heavy (non-hydrogen) atoms. The average Bonchev–Trinajstić information content (AvgIpc) is 2.39. The van der Waals surface area contributed by atoms with E-state index in [0.717, 1.165) is 5.92 Å². The molecule has 1 aromatic heterocycles. The van der Waals surface area contributed by atoms with Crippen molar-refractivity contribution in [2.24, 2.45) is 5.92 Å². The summed E-state index contributed by atoms with van der Waals surface area (Å²) in [5, 5.41) is 0. The second-order valence-electron chi connectivity index (χ2n) is 5.08. The van der Waals surface area contributed by atoms with E-state index in [4.69, 9.17) is 5.73 Å². The normalized spacial score (nSPS) is 20.4. The van der Waals surface area contributed by atoms with E-state index < -0.39 is 0 Å². The van der Waals surface area contributed by atoms with E-state index in [1.807, 2.05) is 12.3 Å². The van der Waals surface area contributed by atoms with Gasteiger partial charge in [0.05, 0.1) is 0 Å². The molecule has 1 fully saturated rings. The number of nitrogens with two attached hydrogens (primary N) is 1. The molecule has 1 unspecified atom stereocenters. The van der Waals surface area contributed by atoms with Gasteiger partial charge in [0.2, 0.25) is 0 Å². The number of piperidine rings is 1. The molecule has 0 aliphatic carbocycles. The summed E-state index contributed by atoms with van der Waals surface area (Å²) in [6.45, 7) is 8.24. The molecule has 0 radical (unpaired) electrons. The summed E-state index contributed by atoms with van der Waals surface area (Å²) in [5.74, 6) is 2.01. The highest BCUT2D eigenvalue weighted by Gasteiger charge is 2.24. The standard InChI is InChI=1S/C14H23N3/c1-3-17-8-6-12(7-9-17)11(2)13-4-5-14(15)16-10-13/h4-5,10-12H,3,6-9H2,1-2H3,(H2,15,16). The fraction of sp³-hybridized carbons (Fsp3) is 0.643. The summed E-state index contributed by atoms with van der Waals surface area (Å²) in [6.07, 6.45) is 4.55. The Morgan fingerprint density at radius 1 is 1.41 bits per heavy atom. The highest BCUT2D eigenvalue weighted by atomic mass is 15.1. The van der Waals surface area contributed by atoms with Crippen LogP contribution in [0, 0.1) is 5.92 Å². The van der Waals surface area contributed by atoms with Crippen LogP contribution in [0.4, 0.5) is 5.82 Å². The second-order valence-corrected chi connectivity index (χ2v) is 5.08. The molecule has 1 aliphatic heterocycles. The quantitative estimate of drug-likeness (QED) is 0.872. The lowest BCUT2D eigenvalue weighted by atomic mass is 9.82. The van der Waals surface area contributed by atoms with Gasteiger partial charge in [0, 0.05) is 6.20 Å². The van der Waals surface area contributed by atoms with Crippen molar-refractivity contribution in [3.8, 4) is 0 Å². The van der Waals surface area contributed by atoms with E-state index in [2.05, 4.69) is 29.8 Å². The fourth-order valence-electron chi connectivity index (χ4n) is 2.73. The Balaban J connectivity index is 1.96. The number of likely N-dealkylation sites (tertiary alicyclic amines) is 1. The van der Waals surface area contributed by atoms with E-state index in [0.29, 0.717) is 11.7 Å². The predicted molar refractivity (Wildman–Crippen MR) is 71.9 cm³/mol. The van der Waals surface area contributed by atoms with Crippen molar-refractivity contribution in [2.75, 3.05) is 25.4 Å². The SMILES string of the molecule is CCN1CCC(C(C)c2ccc(N)nc2)CC1. The maximum atomic E-state index is 5.62. The molecule has 1 aliphatic rings. The lowest BCUT2D eigenvalue weighted by molar-refractivity contribution is 0.178. The lowest BCUT2D eigenvalue weighted by Crippen LogP contribution is -2.34. The average molecular weight is 233 g/mol. The minimum atomic E-state index is 0.599. The van der Waals surface area contributed by atoms with E-state index in [1.165, 1.54) is 38.0 Å². The van der Waals surface area contributed by atoms with Crippen LogP contribution in [0.15, 0.2) is 18.3 Å². The molecule has 2 rings (SSSR count). The van der Waals surface area contributed by atoms with Gasteiger partial charge in [-0.1, -0.05) is 19.9 Å². The Kier molecular flexibility index (Phi) is 4.00. The van der Waals surface area contributed by atoms with Crippen molar-refractivity contribution >= 4 is 5.82 Å². The van der Waals surface area contributed by atoms with E-state index in [1.54, 1.807) is 0 Å². The predicted octanol–water partition coefficient (Wildman–Crippen LogP) is 2.50. The van der Waals surface area contributed by atoms with Crippen molar-refractivity contribution in [3.63, 3.8) is 0 Å². The Morgan fingerprint density at radius 3 is 2.65 bits per heavy atom. The van der Waals surface area contributed by atoms with E-state index in [9.17, 15) is 0 Å². The van der Waals surface area contributed by atoms with Crippen molar-refractivity contribution in [3.05, 3.63) is 23.9 Å². The number of nitrogens with zero attached hydrogens (tertiary/aromatic N) is 2. The molecule has 3 heteroatoms. The molecule has 0 amide bonds. The molecule has 94 valence electrons. The Morgan fingerprint density at radius 2 is 2.12 bits per heavy atom. The lowest BCUT2D eigenvalue weighted by Gasteiger charge is -2.34. The zero-order valence-corrected chi connectivity index (χ0v) is 10.9. The minimum absolute atomic E-state index is 0.599. The van der Waals surface area contributed by atoms with Gasteiger partial charge in [-0.25, -0.2) is 4.98 Å². The largest absolute Gasteiger partial charge is 0.384 e. The number of anilines is 1. The van der Waals surface area contributed by atoms with E-state index in [-0.39, 0.29) is 0 Å². The zero-order valence-electron chi connectivity index (χ0n) is 10.9. The first-order valence-electron chi connectivity index (χ1n) is 6.64. The number of hydrogen-bond acceptors (Lipinski definition) is 3. The van der Waals surface area contributed by atoms with Crippen molar-refractivity contribution in [2.45, 2.75) is 32.6 Å². The van der Waals surface area contributed by atoms with Crippen LogP contribution in [-0.4, -0.2) is 29.5 Å². The van der Waals surface area contributed by atoms with Gasteiger partial charge in [0.25, 0.3) is 0 Å². The maximum Gasteiger partial charge on any atom is 0.123 e. The molecule has 0 aromatic carbocycles. The van der Waals surface area contributed by atoms with Crippen LogP contribution >= 0.6 is 0 Å². The molecule has 0 saturated carbocycles. The van der Waals surface area contributed by atoms with Crippen molar-refractivity contribution in [1.29, 1.82) is 0 Å². The minimum Gasteiger partial charge on any atom is -0.384 e. The van der Waals surface area contributed by atoms with Crippen LogP contribution in [-0.2, 0) is 0 Å². The number of aromatic nitrogens is 1. The summed E-state index contributed by atoms with van der Waals surface area (Å²) in [5.41, 5.74) is 6.95. The molecule has 0 bridgehead atoms. The topological polar surface area (TPSA) is 42.1 Å². The van der Waals surface area contributed by atoms with Gasteiger partial charge in [-0.15, -0.1) is 0 Å². The van der Waals surface area contributed by atoms with Crippen molar-refractivity contribution < 1.29 is 0 Å². The summed E-state index contributed by atoms with van der Waals surface area (Å²) >= 11 is 0. The van der Waals surface area contributed by atoms with Crippen LogP contribution in [0.2, 0.25) is 0 Å². The molecule has 1 aromatic rings. The number of hydrogen-bond donors (Lipinski definition) is 1. The third-order valence-corrected chi connectivity index (χ3v) is 4.12. The molecule has 2 N–H and O–H groups in total. The smallest absolute Gasteiger partial charge is 0.123 e. The van der Waals surface area contributed by atoms with Crippen LogP contribution in [0.25, 0.3) is 0 Å². The third kappa shape index (κ3) is 2.97. The fourth-order valence-corrected chi connectivity index (χ4v) is 2.73. The summed E-state index contributed by atoms with van der Waals surface area (Å²) in [4.78, 5) is 6.73. The van der Waals surface area contributed by atoms with Gasteiger partial charge >= 0.3 is 0 Å². The van der Waals surface area contributed by atoms with Gasteiger partial charge in [-0.05, 0) is 55.9 Å². The molecule has 1 saturated heterocycles.